The molecular weight excluding hydrogens is 178 g/mol. The van der Waals surface area contributed by atoms with Gasteiger partial charge < -0.3 is 4.74 Å². The molecule has 4 nitrogen and oxygen atoms in total. The molecular formula is C10H13N3O. The summed E-state index contributed by atoms with van der Waals surface area (Å²) in [5.41, 5.74) is 9.18. The molecule has 0 saturated heterocycles. The minimum Gasteiger partial charge on any atom is -0.377 e. The molecule has 0 spiro atoms. The number of azide groups is 1. The van der Waals surface area contributed by atoms with Gasteiger partial charge in [0, 0.05) is 18.1 Å². The van der Waals surface area contributed by atoms with E-state index in [-0.39, 0.29) is 0 Å². The van der Waals surface area contributed by atoms with Gasteiger partial charge in [0.25, 0.3) is 0 Å². The van der Waals surface area contributed by atoms with Crippen LogP contribution in [0.2, 0.25) is 0 Å². The van der Waals surface area contributed by atoms with Crippen LogP contribution in [0.1, 0.15) is 12.0 Å². The first-order valence-corrected chi connectivity index (χ1v) is 4.56. The van der Waals surface area contributed by atoms with Crippen LogP contribution in [0.4, 0.5) is 0 Å². The lowest BCUT2D eigenvalue weighted by Crippen LogP contribution is -1.96. The first-order valence-electron chi connectivity index (χ1n) is 4.56. The highest BCUT2D eigenvalue weighted by Gasteiger charge is 1.90. The van der Waals surface area contributed by atoms with Crippen molar-refractivity contribution in [3.8, 4) is 0 Å². The SMILES string of the molecule is [N-]=[N+]=NCCCOCc1ccccc1. The van der Waals surface area contributed by atoms with Gasteiger partial charge in [-0.2, -0.15) is 0 Å². The fraction of sp³-hybridized carbons (Fsp3) is 0.400. The smallest absolute Gasteiger partial charge is 0.0716 e. The fourth-order valence-corrected chi connectivity index (χ4v) is 1.05. The first-order chi connectivity index (χ1) is 6.93. The average molecular weight is 191 g/mol. The Labute approximate surface area is 83.1 Å². The third kappa shape index (κ3) is 4.50. The summed E-state index contributed by atoms with van der Waals surface area (Å²) in [6.07, 6.45) is 0.775. The molecule has 0 amide bonds. The number of nitrogens with zero attached hydrogens (tertiary/aromatic N) is 3. The number of ether oxygens (including phenoxy) is 1. The van der Waals surface area contributed by atoms with Gasteiger partial charge in [-0.15, -0.1) is 0 Å². The van der Waals surface area contributed by atoms with Gasteiger partial charge in [-0.1, -0.05) is 35.4 Å². The number of hydrogen-bond acceptors (Lipinski definition) is 2. The Hall–Kier alpha value is -1.51. The second kappa shape index (κ2) is 6.95. The highest BCUT2D eigenvalue weighted by atomic mass is 16.5. The zero-order valence-electron chi connectivity index (χ0n) is 7.97. The van der Waals surface area contributed by atoms with E-state index in [2.05, 4.69) is 10.0 Å². The molecule has 1 aromatic carbocycles. The molecule has 0 aliphatic heterocycles. The van der Waals surface area contributed by atoms with E-state index in [9.17, 15) is 0 Å². The van der Waals surface area contributed by atoms with Gasteiger partial charge in [0.05, 0.1) is 6.61 Å². The van der Waals surface area contributed by atoms with Gasteiger partial charge >= 0.3 is 0 Å². The quantitative estimate of drug-likeness (QED) is 0.295. The first kappa shape index (κ1) is 10.6. The van der Waals surface area contributed by atoms with Crippen molar-refractivity contribution in [2.45, 2.75) is 13.0 Å². The van der Waals surface area contributed by atoms with E-state index in [4.69, 9.17) is 10.3 Å². The summed E-state index contributed by atoms with van der Waals surface area (Å²) in [6, 6.07) is 9.99. The van der Waals surface area contributed by atoms with Crippen LogP contribution in [0.5, 0.6) is 0 Å². The summed E-state index contributed by atoms with van der Waals surface area (Å²) in [4.78, 5) is 2.66. The van der Waals surface area contributed by atoms with Gasteiger partial charge in [-0.05, 0) is 17.5 Å². The molecule has 74 valence electrons. The maximum atomic E-state index is 8.02. The molecule has 0 radical (unpaired) electrons. The molecule has 0 saturated carbocycles. The van der Waals surface area contributed by atoms with Crippen LogP contribution in [-0.4, -0.2) is 13.2 Å². The summed E-state index contributed by atoms with van der Waals surface area (Å²) in [5, 5.41) is 3.42. The average Bonchev–Trinajstić information content (AvgIpc) is 2.25. The van der Waals surface area contributed by atoms with E-state index in [1.54, 1.807) is 0 Å². The minimum atomic E-state index is 0.505. The molecule has 0 N–H and O–H groups in total. The van der Waals surface area contributed by atoms with Gasteiger partial charge in [0.15, 0.2) is 0 Å². The Kier molecular flexibility index (Phi) is 5.25. The van der Waals surface area contributed by atoms with Crippen molar-refractivity contribution in [1.29, 1.82) is 0 Å². The van der Waals surface area contributed by atoms with Crippen LogP contribution in [-0.2, 0) is 11.3 Å². The minimum absolute atomic E-state index is 0.505. The van der Waals surface area contributed by atoms with Crippen molar-refractivity contribution in [1.82, 2.24) is 0 Å². The van der Waals surface area contributed by atoms with Crippen molar-refractivity contribution >= 4 is 0 Å². The Balaban J connectivity index is 2.07. The lowest BCUT2D eigenvalue weighted by molar-refractivity contribution is 0.120. The summed E-state index contributed by atoms with van der Waals surface area (Å²) < 4.78 is 5.38. The van der Waals surface area contributed by atoms with E-state index >= 15 is 0 Å². The van der Waals surface area contributed by atoms with Gasteiger partial charge in [0.2, 0.25) is 0 Å². The lowest BCUT2D eigenvalue weighted by atomic mass is 10.2. The van der Waals surface area contributed by atoms with Crippen LogP contribution >= 0.6 is 0 Å². The predicted octanol–water partition coefficient (Wildman–Crippen LogP) is 2.90. The van der Waals surface area contributed by atoms with Crippen LogP contribution in [0.3, 0.4) is 0 Å². The topological polar surface area (TPSA) is 58.0 Å². The van der Waals surface area contributed by atoms with E-state index in [1.807, 2.05) is 30.3 Å². The number of rotatable bonds is 6. The van der Waals surface area contributed by atoms with Crippen molar-refractivity contribution in [3.63, 3.8) is 0 Å². The van der Waals surface area contributed by atoms with Crippen LogP contribution in [0.15, 0.2) is 35.4 Å². The molecule has 0 heterocycles. The van der Waals surface area contributed by atoms with Gasteiger partial charge in [-0.3, -0.25) is 0 Å². The Morgan fingerprint density at radius 3 is 2.79 bits per heavy atom. The Bertz CT molecular complexity index is 293. The summed E-state index contributed by atoms with van der Waals surface area (Å²) in [7, 11) is 0. The molecule has 4 heteroatoms. The van der Waals surface area contributed by atoms with Crippen molar-refractivity contribution < 1.29 is 4.74 Å². The third-order valence-electron chi connectivity index (χ3n) is 1.72. The molecule has 0 unspecified atom stereocenters. The zero-order chi connectivity index (χ0) is 10.1. The second-order valence-electron chi connectivity index (χ2n) is 2.85. The zero-order valence-corrected chi connectivity index (χ0v) is 7.97. The Morgan fingerprint density at radius 1 is 1.29 bits per heavy atom. The van der Waals surface area contributed by atoms with Crippen LogP contribution in [0, 0.1) is 0 Å². The van der Waals surface area contributed by atoms with Gasteiger partial charge in [-0.25, -0.2) is 0 Å². The largest absolute Gasteiger partial charge is 0.377 e. The maximum Gasteiger partial charge on any atom is 0.0716 e. The van der Waals surface area contributed by atoms with E-state index in [1.165, 1.54) is 0 Å². The standard InChI is InChI=1S/C10H13N3O/c11-13-12-7-4-8-14-9-10-5-2-1-3-6-10/h1-3,5-6H,4,7-9H2. The predicted molar refractivity (Wildman–Crippen MR) is 54.7 cm³/mol. The van der Waals surface area contributed by atoms with E-state index < -0.39 is 0 Å². The van der Waals surface area contributed by atoms with Crippen molar-refractivity contribution in [2.24, 2.45) is 5.11 Å². The molecule has 0 fully saturated rings. The normalized spacial score (nSPS) is 9.43. The second-order valence-corrected chi connectivity index (χ2v) is 2.85. The monoisotopic (exact) mass is 191 g/mol. The van der Waals surface area contributed by atoms with Crippen LogP contribution in [0.25, 0.3) is 10.4 Å². The summed E-state index contributed by atoms with van der Waals surface area (Å²) >= 11 is 0. The fourth-order valence-electron chi connectivity index (χ4n) is 1.05. The third-order valence-corrected chi connectivity index (χ3v) is 1.72. The highest BCUT2D eigenvalue weighted by Crippen LogP contribution is 2.00. The van der Waals surface area contributed by atoms with Crippen molar-refractivity contribution in [2.75, 3.05) is 13.2 Å². The Morgan fingerprint density at radius 2 is 2.07 bits per heavy atom. The highest BCUT2D eigenvalue weighted by molar-refractivity contribution is 5.13. The molecule has 0 aliphatic carbocycles. The molecule has 1 rings (SSSR count). The van der Waals surface area contributed by atoms with Crippen LogP contribution < -0.4 is 0 Å². The summed E-state index contributed by atoms with van der Waals surface area (Å²) in [5.74, 6) is 0. The number of hydrogen-bond donors (Lipinski definition) is 0. The van der Waals surface area contributed by atoms with E-state index in [0.29, 0.717) is 19.8 Å². The molecule has 0 aliphatic rings. The molecule has 14 heavy (non-hydrogen) atoms. The van der Waals surface area contributed by atoms with Crippen molar-refractivity contribution in [3.05, 3.63) is 46.3 Å². The lowest BCUT2D eigenvalue weighted by Gasteiger charge is -2.02. The van der Waals surface area contributed by atoms with E-state index in [0.717, 1.165) is 12.0 Å². The number of benzene rings is 1. The molecule has 0 bridgehead atoms. The maximum absolute atomic E-state index is 8.02. The molecule has 1 aromatic rings. The molecule has 0 atom stereocenters. The van der Waals surface area contributed by atoms with Gasteiger partial charge in [0.1, 0.15) is 0 Å². The molecule has 0 aromatic heterocycles. The summed E-state index contributed by atoms with van der Waals surface area (Å²) in [6.45, 7) is 1.76.